The van der Waals surface area contributed by atoms with Crippen LogP contribution in [0.5, 0.6) is 0 Å². The lowest BCUT2D eigenvalue weighted by molar-refractivity contribution is -0.135. The van der Waals surface area contributed by atoms with Gasteiger partial charge in [0.1, 0.15) is 12.1 Å². The van der Waals surface area contributed by atoms with E-state index in [1.807, 2.05) is 0 Å². The third-order valence-electron chi connectivity index (χ3n) is 4.73. The first-order valence-electron chi connectivity index (χ1n) is 8.14. The fraction of sp³-hybridized carbons (Fsp3) is 0.600. The number of carbonyl (C=O) groups is 1. The number of likely N-dealkylation sites (tertiary alicyclic amines) is 1. The highest BCUT2D eigenvalue weighted by atomic mass is 35.5. The minimum atomic E-state index is -0.234. The van der Waals surface area contributed by atoms with Gasteiger partial charge in [0.15, 0.2) is 5.65 Å². The number of aromatic nitrogens is 4. The van der Waals surface area contributed by atoms with E-state index in [2.05, 4.69) is 9.97 Å². The average molecular weight is 352 g/mol. The second-order valence-electron chi connectivity index (χ2n) is 6.16. The number of halogens is 1. The summed E-state index contributed by atoms with van der Waals surface area (Å²) in [4.78, 5) is 35.3. The predicted octanol–water partition coefficient (Wildman–Crippen LogP) is 0.830. The van der Waals surface area contributed by atoms with Crippen molar-refractivity contribution >= 4 is 28.7 Å². The van der Waals surface area contributed by atoms with Crippen molar-refractivity contribution in [2.24, 2.45) is 0 Å². The van der Waals surface area contributed by atoms with E-state index in [9.17, 15) is 9.59 Å². The van der Waals surface area contributed by atoms with Crippen molar-refractivity contribution < 1.29 is 9.53 Å². The molecular formula is C15H18ClN5O3. The summed E-state index contributed by atoms with van der Waals surface area (Å²) in [5.41, 5.74) is 0.801. The third-order valence-corrected chi connectivity index (χ3v) is 4.92. The minimum absolute atomic E-state index is 0.0000719. The van der Waals surface area contributed by atoms with E-state index >= 15 is 0 Å². The molecule has 4 heterocycles. The van der Waals surface area contributed by atoms with Gasteiger partial charge >= 0.3 is 5.69 Å². The maximum absolute atomic E-state index is 13.0. The Labute approximate surface area is 143 Å². The van der Waals surface area contributed by atoms with Gasteiger partial charge in [-0.25, -0.2) is 9.78 Å². The predicted molar refractivity (Wildman–Crippen MR) is 87.1 cm³/mol. The molecule has 1 amide bonds. The molecule has 0 N–H and O–H groups in total. The molecule has 0 saturated carbocycles. The van der Waals surface area contributed by atoms with Gasteiger partial charge in [0.05, 0.1) is 6.20 Å². The summed E-state index contributed by atoms with van der Waals surface area (Å²) in [5, 5.41) is 0.0922. The molecule has 2 aromatic heterocycles. The third kappa shape index (κ3) is 2.59. The molecule has 24 heavy (non-hydrogen) atoms. The summed E-state index contributed by atoms with van der Waals surface area (Å²) < 4.78 is 8.49. The van der Waals surface area contributed by atoms with E-state index in [-0.39, 0.29) is 29.5 Å². The molecule has 0 bridgehead atoms. The molecule has 2 aromatic rings. The molecule has 8 nitrogen and oxygen atoms in total. The van der Waals surface area contributed by atoms with Crippen molar-refractivity contribution in [1.82, 2.24) is 24.0 Å². The van der Waals surface area contributed by atoms with Crippen LogP contribution in [0.2, 0.25) is 5.28 Å². The van der Waals surface area contributed by atoms with E-state index in [0.717, 1.165) is 32.4 Å². The van der Waals surface area contributed by atoms with Crippen molar-refractivity contribution in [3.05, 3.63) is 22.0 Å². The molecule has 2 saturated heterocycles. The number of fused-ring (bicyclic) bond motifs is 1. The summed E-state index contributed by atoms with van der Waals surface area (Å²) in [7, 11) is 0. The van der Waals surface area contributed by atoms with Crippen LogP contribution in [0, 0.1) is 0 Å². The van der Waals surface area contributed by atoms with Gasteiger partial charge in [-0.1, -0.05) is 0 Å². The van der Waals surface area contributed by atoms with Crippen LogP contribution in [-0.2, 0) is 16.1 Å². The van der Waals surface area contributed by atoms with Crippen LogP contribution in [0.15, 0.2) is 11.0 Å². The summed E-state index contributed by atoms with van der Waals surface area (Å²) in [6.07, 6.45) is 4.01. The number of ether oxygens (including phenoxy) is 1. The highest BCUT2D eigenvalue weighted by Crippen LogP contribution is 2.24. The molecule has 0 atom stereocenters. The van der Waals surface area contributed by atoms with Gasteiger partial charge in [0.25, 0.3) is 0 Å². The molecule has 4 rings (SSSR count). The summed E-state index contributed by atoms with van der Waals surface area (Å²) in [6.45, 7) is 2.74. The zero-order valence-corrected chi connectivity index (χ0v) is 13.9. The Morgan fingerprint density at radius 1 is 1.33 bits per heavy atom. The molecule has 0 unspecified atom stereocenters. The topological polar surface area (TPSA) is 82.2 Å². The lowest BCUT2D eigenvalue weighted by atomic mass is 10.1. The first-order chi connectivity index (χ1) is 11.6. The van der Waals surface area contributed by atoms with Gasteiger partial charge in [-0.15, -0.1) is 0 Å². The summed E-state index contributed by atoms with van der Waals surface area (Å²) >= 11 is 5.93. The number of carbonyl (C=O) groups excluding carboxylic acids is 1. The Kier molecular flexibility index (Phi) is 4.01. The Morgan fingerprint density at radius 2 is 2.08 bits per heavy atom. The van der Waals surface area contributed by atoms with E-state index in [1.54, 1.807) is 9.47 Å². The zero-order valence-electron chi connectivity index (χ0n) is 13.2. The largest absolute Gasteiger partial charge is 0.381 e. The Hall–Kier alpha value is -1.93. The van der Waals surface area contributed by atoms with E-state index in [0.29, 0.717) is 24.4 Å². The van der Waals surface area contributed by atoms with Crippen molar-refractivity contribution in [3.8, 4) is 0 Å². The standard InChI is InChI=1S/C15H18ClN5O3/c16-14-17-8-11-13(18-14)21(10-2-6-24-7-3-10)15(23)20(11)9-12(22)19-4-1-5-19/h8,10H,1-7,9H2. The second-order valence-corrected chi connectivity index (χ2v) is 6.50. The van der Waals surface area contributed by atoms with Crippen LogP contribution >= 0.6 is 11.6 Å². The fourth-order valence-electron chi connectivity index (χ4n) is 3.26. The molecule has 0 aliphatic carbocycles. The molecule has 0 aromatic carbocycles. The van der Waals surface area contributed by atoms with Gasteiger partial charge in [-0.05, 0) is 30.9 Å². The van der Waals surface area contributed by atoms with E-state index < -0.39 is 0 Å². The second kappa shape index (κ2) is 6.18. The van der Waals surface area contributed by atoms with Crippen LogP contribution in [0.25, 0.3) is 11.2 Å². The van der Waals surface area contributed by atoms with E-state index in [1.165, 1.54) is 10.8 Å². The Balaban J connectivity index is 1.79. The lowest BCUT2D eigenvalue weighted by Gasteiger charge is -2.30. The molecule has 128 valence electrons. The zero-order chi connectivity index (χ0) is 16.7. The van der Waals surface area contributed by atoms with Crippen molar-refractivity contribution in [2.75, 3.05) is 26.3 Å². The summed E-state index contributed by atoms with van der Waals surface area (Å²) in [6, 6.07) is 0.0000719. The van der Waals surface area contributed by atoms with Crippen LogP contribution in [0.3, 0.4) is 0 Å². The quantitative estimate of drug-likeness (QED) is 0.765. The molecule has 0 radical (unpaired) electrons. The Morgan fingerprint density at radius 3 is 2.75 bits per heavy atom. The van der Waals surface area contributed by atoms with Crippen LogP contribution in [0.4, 0.5) is 0 Å². The van der Waals surface area contributed by atoms with Crippen LogP contribution < -0.4 is 5.69 Å². The maximum atomic E-state index is 13.0. The highest BCUT2D eigenvalue weighted by Gasteiger charge is 2.27. The first-order valence-corrected chi connectivity index (χ1v) is 8.52. The number of hydrogen-bond acceptors (Lipinski definition) is 5. The Bertz CT molecular complexity index is 835. The molecule has 2 aliphatic rings. The van der Waals surface area contributed by atoms with Gasteiger partial charge in [0, 0.05) is 32.3 Å². The van der Waals surface area contributed by atoms with Crippen LogP contribution in [-0.4, -0.2) is 56.2 Å². The first kappa shape index (κ1) is 15.6. The normalized spacial score (nSPS) is 18.8. The number of rotatable bonds is 3. The molecule has 2 fully saturated rings. The monoisotopic (exact) mass is 351 g/mol. The van der Waals surface area contributed by atoms with Crippen molar-refractivity contribution in [3.63, 3.8) is 0 Å². The number of hydrogen-bond donors (Lipinski definition) is 0. The fourth-order valence-corrected chi connectivity index (χ4v) is 3.39. The maximum Gasteiger partial charge on any atom is 0.331 e. The number of amides is 1. The SMILES string of the molecule is O=C(Cn1c(=O)n(C2CCOCC2)c2nc(Cl)ncc21)N1CCC1. The molecule has 9 heteroatoms. The highest BCUT2D eigenvalue weighted by molar-refractivity contribution is 6.28. The number of nitrogens with zero attached hydrogens (tertiary/aromatic N) is 5. The van der Waals surface area contributed by atoms with Gasteiger partial charge in [-0.3, -0.25) is 13.9 Å². The van der Waals surface area contributed by atoms with Crippen LogP contribution in [0.1, 0.15) is 25.3 Å². The van der Waals surface area contributed by atoms with Gasteiger partial charge in [-0.2, -0.15) is 4.98 Å². The van der Waals surface area contributed by atoms with Crippen molar-refractivity contribution in [1.29, 1.82) is 0 Å². The van der Waals surface area contributed by atoms with E-state index in [4.69, 9.17) is 16.3 Å². The smallest absolute Gasteiger partial charge is 0.331 e. The number of imidazole rings is 1. The lowest BCUT2D eigenvalue weighted by Crippen LogP contribution is -2.45. The molecule has 0 spiro atoms. The summed E-state index contributed by atoms with van der Waals surface area (Å²) in [5.74, 6) is -0.0515. The van der Waals surface area contributed by atoms with Crippen molar-refractivity contribution in [2.45, 2.75) is 31.8 Å². The average Bonchev–Trinajstić information content (AvgIpc) is 2.78. The molecule has 2 aliphatic heterocycles. The minimum Gasteiger partial charge on any atom is -0.381 e. The van der Waals surface area contributed by atoms with Gasteiger partial charge < -0.3 is 9.64 Å². The molecular weight excluding hydrogens is 334 g/mol. The van der Waals surface area contributed by atoms with Gasteiger partial charge in [0.2, 0.25) is 11.2 Å².